The predicted molar refractivity (Wildman–Crippen MR) is 72.2 cm³/mol. The molecule has 0 amide bonds. The molecule has 1 atom stereocenters. The Morgan fingerprint density at radius 1 is 1.24 bits per heavy atom. The lowest BCUT2D eigenvalue weighted by Gasteiger charge is -2.15. The van der Waals surface area contributed by atoms with E-state index in [0.29, 0.717) is 13.2 Å². The molecule has 0 N–H and O–H groups in total. The summed E-state index contributed by atoms with van der Waals surface area (Å²) in [6.45, 7) is 5.07. The van der Waals surface area contributed by atoms with E-state index in [1.807, 2.05) is 32.0 Å². The molecule has 0 bridgehead atoms. The third-order valence-corrected chi connectivity index (χ3v) is 2.99. The van der Waals surface area contributed by atoms with Crippen LogP contribution in [-0.2, 0) is 10.1 Å². The summed E-state index contributed by atoms with van der Waals surface area (Å²) in [7, 11) is 1.67. The topological polar surface area (TPSA) is 27.7 Å². The summed E-state index contributed by atoms with van der Waals surface area (Å²) in [6.07, 6.45) is 0.0697. The average Bonchev–Trinajstić information content (AvgIpc) is 2.37. The van der Waals surface area contributed by atoms with Crippen LogP contribution in [0.1, 0.15) is 19.4 Å². The first kappa shape index (κ1) is 14.3. The van der Waals surface area contributed by atoms with Gasteiger partial charge in [-0.1, -0.05) is 22.0 Å². The molecule has 17 heavy (non-hydrogen) atoms. The summed E-state index contributed by atoms with van der Waals surface area (Å²) in [5.41, 5.74) is 1.17. The quantitative estimate of drug-likeness (QED) is 0.723. The molecule has 0 aliphatic carbocycles. The van der Waals surface area contributed by atoms with Crippen molar-refractivity contribution >= 4 is 15.9 Å². The van der Waals surface area contributed by atoms with Gasteiger partial charge in [-0.15, -0.1) is 0 Å². The van der Waals surface area contributed by atoms with Gasteiger partial charge < -0.3 is 14.2 Å². The average molecular weight is 303 g/mol. The molecule has 96 valence electrons. The van der Waals surface area contributed by atoms with Crippen molar-refractivity contribution in [1.82, 2.24) is 0 Å². The van der Waals surface area contributed by atoms with Gasteiger partial charge >= 0.3 is 0 Å². The van der Waals surface area contributed by atoms with Gasteiger partial charge in [-0.05, 0) is 31.5 Å². The van der Waals surface area contributed by atoms with E-state index in [4.69, 9.17) is 14.2 Å². The zero-order chi connectivity index (χ0) is 12.7. The molecule has 0 aromatic heterocycles. The molecule has 0 fully saturated rings. The highest BCUT2D eigenvalue weighted by atomic mass is 79.9. The van der Waals surface area contributed by atoms with Crippen molar-refractivity contribution in [3.63, 3.8) is 0 Å². The van der Waals surface area contributed by atoms with E-state index < -0.39 is 0 Å². The second-order valence-electron chi connectivity index (χ2n) is 3.71. The summed E-state index contributed by atoms with van der Waals surface area (Å²) >= 11 is 3.42. The number of methoxy groups -OCH3 is 1. The summed E-state index contributed by atoms with van der Waals surface area (Å²) in [6, 6.07) is 5.94. The molecule has 1 aromatic carbocycles. The van der Waals surface area contributed by atoms with Crippen molar-refractivity contribution in [2.75, 3.05) is 20.3 Å². The van der Waals surface area contributed by atoms with Crippen LogP contribution in [0.25, 0.3) is 0 Å². The number of alkyl halides is 1. The molecule has 0 heterocycles. The lowest BCUT2D eigenvalue weighted by Crippen LogP contribution is -2.16. The Labute approximate surface area is 111 Å². The van der Waals surface area contributed by atoms with Crippen molar-refractivity contribution in [3.8, 4) is 11.5 Å². The molecule has 0 aliphatic heterocycles. The minimum atomic E-state index is 0.0697. The number of rotatable bonds is 7. The van der Waals surface area contributed by atoms with Crippen molar-refractivity contribution in [2.24, 2.45) is 0 Å². The summed E-state index contributed by atoms with van der Waals surface area (Å²) in [4.78, 5) is 0. The molecular weight excluding hydrogens is 284 g/mol. The van der Waals surface area contributed by atoms with E-state index in [9.17, 15) is 0 Å². The Morgan fingerprint density at radius 2 is 2.00 bits per heavy atom. The van der Waals surface area contributed by atoms with E-state index >= 15 is 0 Å². The number of benzene rings is 1. The van der Waals surface area contributed by atoms with Crippen molar-refractivity contribution in [2.45, 2.75) is 25.3 Å². The number of hydrogen-bond donors (Lipinski definition) is 0. The van der Waals surface area contributed by atoms with Crippen LogP contribution in [0.3, 0.4) is 0 Å². The first-order valence-corrected chi connectivity index (χ1v) is 6.80. The highest BCUT2D eigenvalue weighted by molar-refractivity contribution is 9.08. The van der Waals surface area contributed by atoms with Crippen LogP contribution in [0, 0.1) is 0 Å². The van der Waals surface area contributed by atoms with Gasteiger partial charge in [0, 0.05) is 12.4 Å². The summed E-state index contributed by atoms with van der Waals surface area (Å²) in [5, 5.41) is 0.807. The second-order valence-corrected chi connectivity index (χ2v) is 4.27. The molecule has 0 spiro atoms. The van der Waals surface area contributed by atoms with Gasteiger partial charge in [-0.2, -0.15) is 0 Å². The van der Waals surface area contributed by atoms with E-state index in [0.717, 1.165) is 16.8 Å². The Hall–Kier alpha value is -0.740. The number of ether oxygens (including phenoxy) is 3. The van der Waals surface area contributed by atoms with Crippen LogP contribution in [0.15, 0.2) is 18.2 Å². The smallest absolute Gasteiger partial charge is 0.161 e. The summed E-state index contributed by atoms with van der Waals surface area (Å²) in [5.74, 6) is 1.55. The number of hydrogen-bond acceptors (Lipinski definition) is 3. The van der Waals surface area contributed by atoms with Gasteiger partial charge in [0.05, 0.1) is 12.7 Å². The molecule has 1 unspecified atom stereocenters. The third-order valence-electron chi connectivity index (χ3n) is 2.34. The minimum absolute atomic E-state index is 0.0697. The Kier molecular flexibility index (Phi) is 6.37. The normalized spacial score (nSPS) is 12.2. The van der Waals surface area contributed by atoms with Crippen molar-refractivity contribution in [3.05, 3.63) is 23.8 Å². The highest BCUT2D eigenvalue weighted by Gasteiger charge is 2.08. The Balaban J connectivity index is 2.75. The molecule has 3 nitrogen and oxygen atoms in total. The van der Waals surface area contributed by atoms with Gasteiger partial charge in [0.2, 0.25) is 0 Å². The standard InChI is InChI=1S/C13H19BrO3/c1-4-16-13-7-11(8-14)5-6-12(13)17-9-10(2)15-3/h5-7,10H,4,8-9H2,1-3H3. The largest absolute Gasteiger partial charge is 0.490 e. The summed E-state index contributed by atoms with van der Waals surface area (Å²) < 4.78 is 16.4. The van der Waals surface area contributed by atoms with E-state index in [1.165, 1.54) is 5.56 Å². The monoisotopic (exact) mass is 302 g/mol. The molecule has 0 aliphatic rings. The maximum absolute atomic E-state index is 5.68. The Morgan fingerprint density at radius 3 is 2.59 bits per heavy atom. The molecule has 1 rings (SSSR count). The first-order valence-electron chi connectivity index (χ1n) is 5.68. The lowest BCUT2D eigenvalue weighted by molar-refractivity contribution is 0.0703. The van der Waals surface area contributed by atoms with E-state index in [2.05, 4.69) is 15.9 Å². The van der Waals surface area contributed by atoms with Crippen molar-refractivity contribution in [1.29, 1.82) is 0 Å². The maximum Gasteiger partial charge on any atom is 0.161 e. The second kappa shape index (κ2) is 7.56. The molecule has 4 heteroatoms. The lowest BCUT2D eigenvalue weighted by atomic mass is 10.2. The van der Waals surface area contributed by atoms with Gasteiger partial charge in [0.15, 0.2) is 11.5 Å². The predicted octanol–water partition coefficient (Wildman–Crippen LogP) is 3.39. The fourth-order valence-corrected chi connectivity index (χ4v) is 1.65. The Bertz CT molecular complexity index is 341. The molecule has 0 radical (unpaired) electrons. The fraction of sp³-hybridized carbons (Fsp3) is 0.538. The number of halogens is 1. The maximum atomic E-state index is 5.68. The van der Waals surface area contributed by atoms with E-state index in [-0.39, 0.29) is 6.10 Å². The van der Waals surface area contributed by atoms with Crippen LogP contribution in [0.2, 0.25) is 0 Å². The minimum Gasteiger partial charge on any atom is -0.490 e. The molecule has 0 saturated carbocycles. The third kappa shape index (κ3) is 4.56. The van der Waals surface area contributed by atoms with Crippen LogP contribution >= 0.6 is 15.9 Å². The van der Waals surface area contributed by atoms with Crippen LogP contribution in [0.5, 0.6) is 11.5 Å². The molecule has 0 saturated heterocycles. The van der Waals surface area contributed by atoms with Gasteiger partial charge in [0.25, 0.3) is 0 Å². The SMILES string of the molecule is CCOc1cc(CBr)ccc1OCC(C)OC. The van der Waals surface area contributed by atoms with Gasteiger partial charge in [0.1, 0.15) is 6.61 Å². The zero-order valence-corrected chi connectivity index (χ0v) is 12.1. The van der Waals surface area contributed by atoms with Crippen LogP contribution in [0.4, 0.5) is 0 Å². The molecule has 1 aromatic rings. The zero-order valence-electron chi connectivity index (χ0n) is 10.5. The van der Waals surface area contributed by atoms with Gasteiger partial charge in [-0.3, -0.25) is 0 Å². The van der Waals surface area contributed by atoms with Crippen LogP contribution in [-0.4, -0.2) is 26.4 Å². The van der Waals surface area contributed by atoms with Gasteiger partial charge in [-0.25, -0.2) is 0 Å². The van der Waals surface area contributed by atoms with Crippen molar-refractivity contribution < 1.29 is 14.2 Å². The molecular formula is C13H19BrO3. The fourth-order valence-electron chi connectivity index (χ4n) is 1.30. The van der Waals surface area contributed by atoms with E-state index in [1.54, 1.807) is 7.11 Å². The van der Waals surface area contributed by atoms with Crippen LogP contribution < -0.4 is 9.47 Å². The highest BCUT2D eigenvalue weighted by Crippen LogP contribution is 2.29. The first-order chi connectivity index (χ1) is 8.21.